The van der Waals surface area contributed by atoms with Gasteiger partial charge in [-0.3, -0.25) is 0 Å². The van der Waals surface area contributed by atoms with Crippen LogP contribution in [0.2, 0.25) is 0 Å². The maximum absolute atomic E-state index is 3.82. The van der Waals surface area contributed by atoms with Crippen LogP contribution in [0, 0.1) is 6.92 Å². The van der Waals surface area contributed by atoms with Gasteiger partial charge in [-0.15, -0.1) is 0 Å². The summed E-state index contributed by atoms with van der Waals surface area (Å²) in [7, 11) is 0. The molecule has 2 N–H and O–H groups in total. The Morgan fingerprint density at radius 1 is 0.731 bits per heavy atom. The van der Waals surface area contributed by atoms with E-state index in [9.17, 15) is 0 Å². The molecule has 0 amide bonds. The van der Waals surface area contributed by atoms with E-state index < -0.39 is 0 Å². The fourth-order valence-corrected chi connectivity index (χ4v) is 4.44. The zero-order chi connectivity index (χ0) is 17.8. The van der Waals surface area contributed by atoms with Crippen molar-refractivity contribution >= 4 is 0 Å². The highest BCUT2D eigenvalue weighted by molar-refractivity contribution is 5.55. The minimum Gasteiger partial charge on any atom is -0.314 e. The quantitative estimate of drug-likeness (QED) is 0.703. The Morgan fingerprint density at radius 3 is 1.85 bits per heavy atom. The van der Waals surface area contributed by atoms with Crippen molar-refractivity contribution in [2.24, 2.45) is 0 Å². The predicted octanol–water partition coefficient (Wildman–Crippen LogP) is 3.89. The molecule has 1 aliphatic heterocycles. The van der Waals surface area contributed by atoms with Crippen molar-refractivity contribution < 1.29 is 0 Å². The van der Waals surface area contributed by atoms with Crippen LogP contribution in [0.15, 0.2) is 84.9 Å². The van der Waals surface area contributed by atoms with E-state index in [1.54, 1.807) is 0 Å². The lowest BCUT2D eigenvalue weighted by atomic mass is 9.63. The van der Waals surface area contributed by atoms with Gasteiger partial charge in [0, 0.05) is 25.7 Å². The summed E-state index contributed by atoms with van der Waals surface area (Å²) in [6, 6.07) is 31.0. The highest BCUT2D eigenvalue weighted by Gasteiger charge is 2.44. The summed E-state index contributed by atoms with van der Waals surface area (Å²) in [6.07, 6.45) is 0. The molecule has 1 atom stereocenters. The van der Waals surface area contributed by atoms with Gasteiger partial charge in [0.25, 0.3) is 0 Å². The number of hydrogen-bond acceptors (Lipinski definition) is 2. The van der Waals surface area contributed by atoms with Crippen molar-refractivity contribution in [3.8, 4) is 0 Å². The monoisotopic (exact) mass is 342 g/mol. The minimum absolute atomic E-state index is 0.235. The minimum atomic E-state index is -0.235. The molecule has 1 aliphatic rings. The Labute approximate surface area is 156 Å². The summed E-state index contributed by atoms with van der Waals surface area (Å²) < 4.78 is 0. The molecule has 4 rings (SSSR count). The highest BCUT2D eigenvalue weighted by Crippen LogP contribution is 2.43. The van der Waals surface area contributed by atoms with Gasteiger partial charge in [0.05, 0.1) is 5.41 Å². The molecule has 3 aromatic carbocycles. The molecule has 1 saturated heterocycles. The van der Waals surface area contributed by atoms with Gasteiger partial charge in [-0.2, -0.15) is 0 Å². The van der Waals surface area contributed by atoms with Crippen LogP contribution in [-0.4, -0.2) is 25.7 Å². The van der Waals surface area contributed by atoms with Crippen molar-refractivity contribution in [1.29, 1.82) is 0 Å². The Kier molecular flexibility index (Phi) is 4.87. The third-order valence-electron chi connectivity index (χ3n) is 5.59. The second-order valence-corrected chi connectivity index (χ2v) is 7.07. The van der Waals surface area contributed by atoms with E-state index in [0.717, 1.165) is 19.6 Å². The summed E-state index contributed by atoms with van der Waals surface area (Å²) in [5.41, 5.74) is 5.14. The molecule has 2 nitrogen and oxygen atoms in total. The van der Waals surface area contributed by atoms with Gasteiger partial charge in [-0.05, 0) is 29.2 Å². The molecule has 132 valence electrons. The molecule has 0 spiro atoms. The largest absolute Gasteiger partial charge is 0.314 e. The average molecular weight is 342 g/mol. The van der Waals surface area contributed by atoms with Crippen molar-refractivity contribution in [1.82, 2.24) is 10.6 Å². The van der Waals surface area contributed by atoms with E-state index in [0.29, 0.717) is 0 Å². The summed E-state index contributed by atoms with van der Waals surface area (Å²) in [5, 5.41) is 7.43. The van der Waals surface area contributed by atoms with Crippen LogP contribution in [0.25, 0.3) is 0 Å². The lowest BCUT2D eigenvalue weighted by Crippen LogP contribution is -2.59. The van der Waals surface area contributed by atoms with Crippen LogP contribution >= 0.6 is 0 Å². The Bertz CT molecular complexity index is 797. The molecule has 2 heteroatoms. The molecule has 3 aromatic rings. The number of benzene rings is 3. The lowest BCUT2D eigenvalue weighted by molar-refractivity contribution is 0.332. The van der Waals surface area contributed by atoms with Crippen LogP contribution in [0.4, 0.5) is 0 Å². The Morgan fingerprint density at radius 2 is 1.31 bits per heavy atom. The van der Waals surface area contributed by atoms with Crippen LogP contribution < -0.4 is 10.6 Å². The van der Waals surface area contributed by atoms with Gasteiger partial charge in [0.15, 0.2) is 0 Å². The lowest BCUT2D eigenvalue weighted by Gasteiger charge is -2.45. The Balaban J connectivity index is 2.05. The maximum Gasteiger partial charge on any atom is 0.0619 e. The number of piperazine rings is 1. The molecule has 0 saturated carbocycles. The SMILES string of the molecule is Cc1ccccc1C(c1ccccc1)(c1ccccc1)[C@@H]1CNCCN1. The molecule has 0 bridgehead atoms. The van der Waals surface area contributed by atoms with Gasteiger partial charge in [-0.25, -0.2) is 0 Å². The standard InChI is InChI=1S/C24H26N2/c1-19-10-8-9-15-22(19)24(20-11-4-2-5-12-20,21-13-6-3-7-14-21)23-18-25-16-17-26-23/h2-15,23,25-26H,16-18H2,1H3/t23-/m0/s1. The maximum atomic E-state index is 3.82. The molecule has 0 aliphatic carbocycles. The van der Waals surface area contributed by atoms with Crippen molar-refractivity contribution in [2.75, 3.05) is 19.6 Å². The molecule has 0 unspecified atom stereocenters. The summed E-state index contributed by atoms with van der Waals surface area (Å²) in [5.74, 6) is 0. The highest BCUT2D eigenvalue weighted by atomic mass is 15.1. The summed E-state index contributed by atoms with van der Waals surface area (Å²) in [4.78, 5) is 0. The van der Waals surface area contributed by atoms with E-state index in [1.807, 2.05) is 0 Å². The fourth-order valence-electron chi connectivity index (χ4n) is 4.44. The second-order valence-electron chi connectivity index (χ2n) is 7.07. The van der Waals surface area contributed by atoms with Crippen molar-refractivity contribution in [3.63, 3.8) is 0 Å². The van der Waals surface area contributed by atoms with E-state index >= 15 is 0 Å². The van der Waals surface area contributed by atoms with Gasteiger partial charge in [0.2, 0.25) is 0 Å². The van der Waals surface area contributed by atoms with Gasteiger partial charge in [0.1, 0.15) is 0 Å². The van der Waals surface area contributed by atoms with Gasteiger partial charge < -0.3 is 10.6 Å². The van der Waals surface area contributed by atoms with Gasteiger partial charge in [-0.1, -0.05) is 84.9 Å². The molecule has 1 fully saturated rings. The smallest absolute Gasteiger partial charge is 0.0619 e. The molecule has 1 heterocycles. The van der Waals surface area contributed by atoms with Gasteiger partial charge >= 0.3 is 0 Å². The fraction of sp³-hybridized carbons (Fsp3) is 0.250. The van der Waals surface area contributed by atoms with E-state index in [4.69, 9.17) is 0 Å². The van der Waals surface area contributed by atoms with E-state index in [1.165, 1.54) is 22.3 Å². The normalized spacial score (nSPS) is 17.8. The molecule has 0 radical (unpaired) electrons. The van der Waals surface area contributed by atoms with E-state index in [2.05, 4.69) is 102 Å². The number of rotatable bonds is 4. The Hall–Kier alpha value is -2.42. The first kappa shape index (κ1) is 17.0. The zero-order valence-corrected chi connectivity index (χ0v) is 15.3. The predicted molar refractivity (Wildman–Crippen MR) is 109 cm³/mol. The second kappa shape index (κ2) is 7.45. The van der Waals surface area contributed by atoms with Crippen molar-refractivity contribution in [2.45, 2.75) is 18.4 Å². The van der Waals surface area contributed by atoms with E-state index in [-0.39, 0.29) is 11.5 Å². The first-order chi connectivity index (χ1) is 12.8. The average Bonchev–Trinajstić information content (AvgIpc) is 2.72. The molecule has 0 aromatic heterocycles. The zero-order valence-electron chi connectivity index (χ0n) is 15.3. The first-order valence-corrected chi connectivity index (χ1v) is 9.44. The third kappa shape index (κ3) is 2.86. The third-order valence-corrected chi connectivity index (χ3v) is 5.59. The number of nitrogens with one attached hydrogen (secondary N) is 2. The summed E-state index contributed by atoms with van der Waals surface area (Å²) >= 11 is 0. The molecular weight excluding hydrogens is 316 g/mol. The van der Waals surface area contributed by atoms with Crippen LogP contribution in [0.3, 0.4) is 0 Å². The van der Waals surface area contributed by atoms with Crippen LogP contribution in [-0.2, 0) is 5.41 Å². The van der Waals surface area contributed by atoms with Crippen LogP contribution in [0.1, 0.15) is 22.3 Å². The number of hydrogen-bond donors (Lipinski definition) is 2. The molecular formula is C24H26N2. The van der Waals surface area contributed by atoms with Crippen molar-refractivity contribution in [3.05, 3.63) is 107 Å². The summed E-state index contributed by atoms with van der Waals surface area (Å²) in [6.45, 7) is 5.17. The first-order valence-electron chi connectivity index (χ1n) is 9.44. The van der Waals surface area contributed by atoms with Crippen LogP contribution in [0.5, 0.6) is 0 Å². The topological polar surface area (TPSA) is 24.1 Å². The number of aryl methyl sites for hydroxylation is 1. The molecule has 26 heavy (non-hydrogen) atoms.